The molecule has 1 rings (SSSR count). The van der Waals surface area contributed by atoms with E-state index >= 15 is 0 Å². The highest BCUT2D eigenvalue weighted by atomic mass is 16.2. The van der Waals surface area contributed by atoms with Crippen molar-refractivity contribution in [1.82, 2.24) is 15.1 Å². The number of amides is 2. The van der Waals surface area contributed by atoms with E-state index in [0.717, 1.165) is 13.1 Å². The fraction of sp³-hybridized carbons (Fsp3) is 0.818. The summed E-state index contributed by atoms with van der Waals surface area (Å²) in [7, 11) is 0. The lowest BCUT2D eigenvalue weighted by atomic mass is 10.2. The summed E-state index contributed by atoms with van der Waals surface area (Å²) in [5.74, 6) is 0.0297. The summed E-state index contributed by atoms with van der Waals surface area (Å²) in [5, 5.41) is 2.76. The first-order valence-corrected chi connectivity index (χ1v) is 6.08. The number of nitrogens with one attached hydrogen (secondary N) is 1. The lowest BCUT2D eigenvalue weighted by Crippen LogP contribution is -2.54. The summed E-state index contributed by atoms with van der Waals surface area (Å²) in [6, 6.07) is -0.440. The normalized spacial score (nSPS) is 18.9. The minimum atomic E-state index is -0.440. The summed E-state index contributed by atoms with van der Waals surface area (Å²) in [6.07, 6.45) is 0. The molecule has 0 radical (unpaired) electrons. The van der Waals surface area contributed by atoms with Crippen molar-refractivity contribution in [1.29, 1.82) is 0 Å². The number of carbonyl (C=O) groups is 2. The first-order valence-electron chi connectivity index (χ1n) is 6.08. The Hall–Kier alpha value is -1.14. The van der Waals surface area contributed by atoms with E-state index in [9.17, 15) is 9.59 Å². The van der Waals surface area contributed by atoms with Crippen molar-refractivity contribution in [3.63, 3.8) is 0 Å². The van der Waals surface area contributed by atoms with Crippen LogP contribution in [0.4, 0.5) is 0 Å². The summed E-state index contributed by atoms with van der Waals surface area (Å²) in [5.41, 5.74) is 5.55. The van der Waals surface area contributed by atoms with Gasteiger partial charge in [-0.1, -0.05) is 0 Å². The molecular weight excluding hydrogens is 220 g/mol. The molecule has 6 nitrogen and oxygen atoms in total. The first-order chi connectivity index (χ1) is 8.04. The van der Waals surface area contributed by atoms with Gasteiger partial charge in [0, 0.05) is 32.7 Å². The van der Waals surface area contributed by atoms with Crippen LogP contribution in [0.3, 0.4) is 0 Å². The predicted molar refractivity (Wildman–Crippen MR) is 65.4 cm³/mol. The van der Waals surface area contributed by atoms with E-state index in [1.54, 1.807) is 11.8 Å². The van der Waals surface area contributed by atoms with Crippen LogP contribution in [0.25, 0.3) is 0 Å². The van der Waals surface area contributed by atoms with E-state index in [1.807, 2.05) is 6.92 Å². The molecule has 1 aliphatic rings. The highest BCUT2D eigenvalue weighted by molar-refractivity contribution is 5.81. The van der Waals surface area contributed by atoms with Gasteiger partial charge in [-0.15, -0.1) is 0 Å². The average molecular weight is 242 g/mol. The lowest BCUT2D eigenvalue weighted by molar-refractivity contribution is -0.134. The maximum atomic E-state index is 11.6. The van der Waals surface area contributed by atoms with Crippen molar-refractivity contribution in [3.8, 4) is 0 Å². The van der Waals surface area contributed by atoms with Gasteiger partial charge in [-0.05, 0) is 13.8 Å². The monoisotopic (exact) mass is 242 g/mol. The Morgan fingerprint density at radius 1 is 1.29 bits per heavy atom. The van der Waals surface area contributed by atoms with Gasteiger partial charge in [-0.25, -0.2) is 0 Å². The van der Waals surface area contributed by atoms with Gasteiger partial charge < -0.3 is 16.0 Å². The van der Waals surface area contributed by atoms with Gasteiger partial charge >= 0.3 is 0 Å². The fourth-order valence-electron chi connectivity index (χ4n) is 1.87. The Morgan fingerprint density at radius 2 is 1.88 bits per heavy atom. The Bertz CT molecular complexity index is 273. The number of likely N-dealkylation sites (N-methyl/N-ethyl adjacent to an activating group) is 1. The predicted octanol–water partition coefficient (Wildman–Crippen LogP) is -1.39. The molecule has 0 spiro atoms. The van der Waals surface area contributed by atoms with Gasteiger partial charge in [0.25, 0.3) is 0 Å². The molecule has 17 heavy (non-hydrogen) atoms. The van der Waals surface area contributed by atoms with Crippen LogP contribution in [-0.2, 0) is 9.59 Å². The fourth-order valence-corrected chi connectivity index (χ4v) is 1.87. The summed E-state index contributed by atoms with van der Waals surface area (Å²) in [4.78, 5) is 26.8. The van der Waals surface area contributed by atoms with E-state index in [0.29, 0.717) is 26.2 Å². The summed E-state index contributed by atoms with van der Waals surface area (Å²) < 4.78 is 0. The van der Waals surface area contributed by atoms with Crippen LogP contribution in [0.1, 0.15) is 13.8 Å². The smallest absolute Gasteiger partial charge is 0.239 e. The average Bonchev–Trinajstić information content (AvgIpc) is 2.29. The number of hydrogen-bond donors (Lipinski definition) is 2. The van der Waals surface area contributed by atoms with Crippen LogP contribution < -0.4 is 11.1 Å². The number of nitrogens with zero attached hydrogens (tertiary/aromatic N) is 2. The Labute approximate surface area is 102 Å². The Morgan fingerprint density at radius 3 is 2.35 bits per heavy atom. The van der Waals surface area contributed by atoms with Gasteiger partial charge in [0.05, 0.1) is 12.6 Å². The molecule has 1 aliphatic heterocycles. The molecule has 1 heterocycles. The molecule has 0 bridgehead atoms. The molecular formula is C11H22N4O2. The Kier molecular flexibility index (Phi) is 5.37. The molecule has 98 valence electrons. The minimum Gasteiger partial charge on any atom is -0.355 e. The molecule has 1 fully saturated rings. The highest BCUT2D eigenvalue weighted by Gasteiger charge is 2.23. The quantitative estimate of drug-likeness (QED) is 0.636. The molecule has 0 saturated carbocycles. The topological polar surface area (TPSA) is 78.7 Å². The van der Waals surface area contributed by atoms with Crippen LogP contribution in [0.2, 0.25) is 0 Å². The number of rotatable bonds is 4. The highest BCUT2D eigenvalue weighted by Crippen LogP contribution is 2.02. The summed E-state index contributed by atoms with van der Waals surface area (Å²) >= 11 is 0. The molecule has 6 heteroatoms. The SMILES string of the molecule is CCNC(=O)CN1CCN(C(=O)C(C)N)CC1. The van der Waals surface area contributed by atoms with Crippen molar-refractivity contribution < 1.29 is 9.59 Å². The van der Waals surface area contributed by atoms with Gasteiger partial charge in [0.1, 0.15) is 0 Å². The van der Waals surface area contributed by atoms with Crippen molar-refractivity contribution in [2.45, 2.75) is 19.9 Å². The molecule has 1 atom stereocenters. The number of carbonyl (C=O) groups excluding carboxylic acids is 2. The molecule has 0 aliphatic carbocycles. The third-order valence-corrected chi connectivity index (χ3v) is 2.81. The maximum Gasteiger partial charge on any atom is 0.239 e. The number of hydrogen-bond acceptors (Lipinski definition) is 4. The summed E-state index contributed by atoms with van der Waals surface area (Å²) in [6.45, 7) is 7.43. The van der Waals surface area contributed by atoms with E-state index in [2.05, 4.69) is 10.2 Å². The van der Waals surface area contributed by atoms with Crippen LogP contribution >= 0.6 is 0 Å². The number of piperazine rings is 1. The van der Waals surface area contributed by atoms with E-state index in [1.165, 1.54) is 0 Å². The lowest BCUT2D eigenvalue weighted by Gasteiger charge is -2.35. The van der Waals surface area contributed by atoms with Crippen molar-refractivity contribution in [2.24, 2.45) is 5.73 Å². The standard InChI is InChI=1S/C11H22N4O2/c1-3-13-10(16)8-14-4-6-15(7-5-14)11(17)9(2)12/h9H,3-8,12H2,1-2H3,(H,13,16). The molecule has 0 aromatic rings. The van der Waals surface area contributed by atoms with Crippen molar-refractivity contribution in [2.75, 3.05) is 39.3 Å². The van der Waals surface area contributed by atoms with Crippen LogP contribution in [0.15, 0.2) is 0 Å². The molecule has 0 aromatic heterocycles. The zero-order valence-electron chi connectivity index (χ0n) is 10.6. The zero-order chi connectivity index (χ0) is 12.8. The Balaban J connectivity index is 2.31. The number of nitrogens with two attached hydrogens (primary N) is 1. The van der Waals surface area contributed by atoms with E-state index in [-0.39, 0.29) is 11.8 Å². The second kappa shape index (κ2) is 6.56. The first kappa shape index (κ1) is 13.9. The van der Waals surface area contributed by atoms with Gasteiger partial charge in [0.2, 0.25) is 11.8 Å². The van der Waals surface area contributed by atoms with Crippen LogP contribution in [0, 0.1) is 0 Å². The second-order valence-corrected chi connectivity index (χ2v) is 4.34. The molecule has 0 aromatic carbocycles. The molecule has 3 N–H and O–H groups in total. The molecule has 2 amide bonds. The third-order valence-electron chi connectivity index (χ3n) is 2.81. The van der Waals surface area contributed by atoms with Crippen molar-refractivity contribution >= 4 is 11.8 Å². The van der Waals surface area contributed by atoms with Gasteiger partial charge in [-0.3, -0.25) is 14.5 Å². The van der Waals surface area contributed by atoms with Crippen LogP contribution in [0.5, 0.6) is 0 Å². The van der Waals surface area contributed by atoms with Gasteiger partial charge in [0.15, 0.2) is 0 Å². The largest absolute Gasteiger partial charge is 0.355 e. The molecule has 1 saturated heterocycles. The zero-order valence-corrected chi connectivity index (χ0v) is 10.6. The third kappa shape index (κ3) is 4.32. The minimum absolute atomic E-state index is 0.0114. The van der Waals surface area contributed by atoms with Gasteiger partial charge in [-0.2, -0.15) is 0 Å². The second-order valence-electron chi connectivity index (χ2n) is 4.34. The van der Waals surface area contributed by atoms with Crippen molar-refractivity contribution in [3.05, 3.63) is 0 Å². The van der Waals surface area contributed by atoms with E-state index in [4.69, 9.17) is 5.73 Å². The van der Waals surface area contributed by atoms with Crippen LogP contribution in [-0.4, -0.2) is 66.9 Å². The maximum absolute atomic E-state index is 11.6. The molecule has 1 unspecified atom stereocenters. The van der Waals surface area contributed by atoms with E-state index < -0.39 is 6.04 Å².